The van der Waals surface area contributed by atoms with Gasteiger partial charge in [-0.15, -0.1) is 15.3 Å². The van der Waals surface area contributed by atoms with Crippen molar-refractivity contribution in [2.75, 3.05) is 0 Å². The van der Waals surface area contributed by atoms with Crippen molar-refractivity contribution in [3.8, 4) is 11.4 Å². The van der Waals surface area contributed by atoms with Gasteiger partial charge in [0.05, 0.1) is 25.0 Å². The maximum Gasteiger partial charge on any atom is 0.192 e. The molecule has 154 valence electrons. The van der Waals surface area contributed by atoms with Crippen LogP contribution in [0.5, 0.6) is 0 Å². The largest absolute Gasteiger partial charge is 0.467 e. The number of furan rings is 1. The van der Waals surface area contributed by atoms with E-state index in [0.29, 0.717) is 18.8 Å². The number of benzene rings is 1. The Balaban J connectivity index is 1.34. The van der Waals surface area contributed by atoms with Crippen LogP contribution in [0, 0.1) is 0 Å². The lowest BCUT2D eigenvalue weighted by Gasteiger charge is -2.08. The fourth-order valence-corrected chi connectivity index (χ4v) is 4.01. The van der Waals surface area contributed by atoms with E-state index in [2.05, 4.69) is 37.6 Å². The minimum Gasteiger partial charge on any atom is -0.467 e. The Bertz CT molecular complexity index is 1230. The summed E-state index contributed by atoms with van der Waals surface area (Å²) in [5.41, 5.74) is 2.98. The Kier molecular flexibility index (Phi) is 5.57. The van der Waals surface area contributed by atoms with E-state index in [0.717, 1.165) is 28.0 Å². The molecule has 0 bridgehead atoms. The molecule has 0 fully saturated rings. The van der Waals surface area contributed by atoms with Crippen LogP contribution in [-0.2, 0) is 18.8 Å². The second kappa shape index (κ2) is 8.97. The van der Waals surface area contributed by atoms with Crippen LogP contribution in [0.15, 0.2) is 89.0 Å². The number of pyridine rings is 1. The average Bonchev–Trinajstić information content (AvgIpc) is 3.56. The van der Waals surface area contributed by atoms with Crippen molar-refractivity contribution in [3.05, 3.63) is 96.5 Å². The van der Waals surface area contributed by atoms with E-state index in [4.69, 9.17) is 4.42 Å². The zero-order valence-electron chi connectivity index (χ0n) is 16.6. The van der Waals surface area contributed by atoms with Gasteiger partial charge in [0.2, 0.25) is 0 Å². The maximum absolute atomic E-state index is 5.55. The minimum atomic E-state index is 0.535. The fourth-order valence-electron chi connectivity index (χ4n) is 3.20. The highest BCUT2D eigenvalue weighted by atomic mass is 32.2. The van der Waals surface area contributed by atoms with Gasteiger partial charge in [0.1, 0.15) is 5.76 Å². The lowest BCUT2D eigenvalue weighted by molar-refractivity contribution is 0.485. The zero-order valence-corrected chi connectivity index (χ0v) is 17.4. The Labute approximate surface area is 183 Å². The van der Waals surface area contributed by atoms with Gasteiger partial charge in [-0.3, -0.25) is 9.55 Å². The van der Waals surface area contributed by atoms with E-state index in [1.54, 1.807) is 30.4 Å². The average molecular weight is 430 g/mol. The Morgan fingerprint density at radius 2 is 1.84 bits per heavy atom. The van der Waals surface area contributed by atoms with Crippen molar-refractivity contribution in [2.24, 2.45) is 0 Å². The molecule has 0 radical (unpaired) electrons. The lowest BCUT2D eigenvalue weighted by Crippen LogP contribution is -2.03. The number of hydrogen-bond donors (Lipinski definition) is 0. The number of thioether (sulfide) groups is 1. The van der Waals surface area contributed by atoms with E-state index in [1.807, 2.05) is 57.9 Å². The smallest absolute Gasteiger partial charge is 0.192 e. The summed E-state index contributed by atoms with van der Waals surface area (Å²) in [5.74, 6) is 2.22. The number of hydrogen-bond acceptors (Lipinski definition) is 7. The van der Waals surface area contributed by atoms with Crippen LogP contribution >= 0.6 is 11.8 Å². The predicted molar refractivity (Wildman–Crippen MR) is 116 cm³/mol. The molecular formula is C22H19N7OS. The lowest BCUT2D eigenvalue weighted by atomic mass is 10.2. The molecule has 0 unspecified atom stereocenters. The van der Waals surface area contributed by atoms with Crippen molar-refractivity contribution in [1.82, 2.24) is 34.7 Å². The summed E-state index contributed by atoms with van der Waals surface area (Å²) < 4.78 is 9.43. The monoisotopic (exact) mass is 429 g/mol. The molecule has 1 aromatic carbocycles. The highest BCUT2D eigenvalue weighted by Gasteiger charge is 2.16. The van der Waals surface area contributed by atoms with Crippen LogP contribution in [0.25, 0.3) is 11.4 Å². The minimum absolute atomic E-state index is 0.535. The third kappa shape index (κ3) is 4.56. The second-order valence-corrected chi connectivity index (χ2v) is 7.84. The van der Waals surface area contributed by atoms with Gasteiger partial charge in [0.25, 0.3) is 0 Å². The third-order valence-electron chi connectivity index (χ3n) is 4.65. The summed E-state index contributed by atoms with van der Waals surface area (Å²) in [6, 6.07) is 17.9. The zero-order chi connectivity index (χ0) is 20.9. The van der Waals surface area contributed by atoms with E-state index < -0.39 is 0 Å². The summed E-state index contributed by atoms with van der Waals surface area (Å²) in [4.78, 5) is 4.21. The molecule has 4 aromatic heterocycles. The standard InChI is InChI=1S/C22H19N7OS/c1-2-6-17(7-3-1)13-28-14-19(24-27-28)16-31-22-26-25-21(18-8-4-10-23-12-18)29(22)15-20-9-5-11-30-20/h1-12,14H,13,15-16H2. The van der Waals surface area contributed by atoms with Crippen LogP contribution in [0.2, 0.25) is 0 Å². The molecule has 8 nitrogen and oxygen atoms in total. The summed E-state index contributed by atoms with van der Waals surface area (Å²) in [6.45, 7) is 1.23. The molecule has 31 heavy (non-hydrogen) atoms. The fraction of sp³-hybridized carbons (Fsp3) is 0.136. The Hall–Kier alpha value is -3.72. The molecule has 0 amide bonds. The highest BCUT2D eigenvalue weighted by Crippen LogP contribution is 2.26. The molecule has 9 heteroatoms. The first kappa shape index (κ1) is 19.3. The van der Waals surface area contributed by atoms with Crippen LogP contribution in [-0.4, -0.2) is 34.7 Å². The van der Waals surface area contributed by atoms with Crippen molar-refractivity contribution in [1.29, 1.82) is 0 Å². The normalized spacial score (nSPS) is 11.1. The molecule has 5 rings (SSSR count). The summed E-state index contributed by atoms with van der Waals surface area (Å²) in [7, 11) is 0. The SMILES string of the molecule is c1ccc(Cn2cc(CSc3nnc(-c4cccnc4)n3Cc3ccco3)nn2)cc1. The molecule has 0 N–H and O–H groups in total. The number of nitrogens with zero attached hydrogens (tertiary/aromatic N) is 7. The van der Waals surface area contributed by atoms with Crippen LogP contribution in [0.3, 0.4) is 0 Å². The van der Waals surface area contributed by atoms with E-state index in [1.165, 1.54) is 5.56 Å². The van der Waals surface area contributed by atoms with Gasteiger partial charge in [-0.1, -0.05) is 47.3 Å². The molecule has 0 aliphatic carbocycles. The van der Waals surface area contributed by atoms with E-state index >= 15 is 0 Å². The van der Waals surface area contributed by atoms with Gasteiger partial charge in [-0.25, -0.2) is 4.68 Å². The predicted octanol–water partition coefficient (Wildman–Crippen LogP) is 3.91. The molecule has 0 saturated carbocycles. The molecule has 0 aliphatic heterocycles. The van der Waals surface area contributed by atoms with E-state index in [9.17, 15) is 0 Å². The first-order valence-electron chi connectivity index (χ1n) is 9.77. The van der Waals surface area contributed by atoms with Crippen molar-refractivity contribution in [3.63, 3.8) is 0 Å². The second-order valence-electron chi connectivity index (χ2n) is 6.90. The quantitative estimate of drug-likeness (QED) is 0.346. The molecular weight excluding hydrogens is 410 g/mol. The van der Waals surface area contributed by atoms with Gasteiger partial charge in [-0.05, 0) is 29.8 Å². The molecule has 0 atom stereocenters. The third-order valence-corrected chi connectivity index (χ3v) is 5.65. The topological polar surface area (TPSA) is 87.5 Å². The van der Waals surface area contributed by atoms with Crippen LogP contribution < -0.4 is 0 Å². The molecule has 0 spiro atoms. The van der Waals surface area contributed by atoms with Gasteiger partial charge in [0, 0.05) is 29.9 Å². The molecule has 0 aliphatic rings. The Morgan fingerprint density at radius 3 is 2.65 bits per heavy atom. The summed E-state index contributed by atoms with van der Waals surface area (Å²) in [6.07, 6.45) is 7.16. The first-order valence-corrected chi connectivity index (χ1v) is 10.8. The molecule has 4 heterocycles. The van der Waals surface area contributed by atoms with Crippen molar-refractivity contribution in [2.45, 2.75) is 24.0 Å². The van der Waals surface area contributed by atoms with Crippen LogP contribution in [0.4, 0.5) is 0 Å². The van der Waals surface area contributed by atoms with Crippen molar-refractivity contribution < 1.29 is 4.42 Å². The van der Waals surface area contributed by atoms with Gasteiger partial charge in [0.15, 0.2) is 11.0 Å². The molecule has 5 aromatic rings. The number of aromatic nitrogens is 7. The van der Waals surface area contributed by atoms with Crippen LogP contribution in [0.1, 0.15) is 17.0 Å². The molecule has 0 saturated heterocycles. The summed E-state index contributed by atoms with van der Waals surface area (Å²) >= 11 is 1.57. The van der Waals surface area contributed by atoms with Crippen molar-refractivity contribution >= 4 is 11.8 Å². The highest BCUT2D eigenvalue weighted by molar-refractivity contribution is 7.98. The van der Waals surface area contributed by atoms with E-state index in [-0.39, 0.29) is 0 Å². The maximum atomic E-state index is 5.55. The number of rotatable bonds is 8. The first-order chi connectivity index (χ1) is 15.3. The van der Waals surface area contributed by atoms with Gasteiger partial charge < -0.3 is 4.42 Å². The van der Waals surface area contributed by atoms with Gasteiger partial charge in [-0.2, -0.15) is 0 Å². The summed E-state index contributed by atoms with van der Waals surface area (Å²) in [5, 5.41) is 18.2. The van der Waals surface area contributed by atoms with Gasteiger partial charge >= 0.3 is 0 Å². The Morgan fingerprint density at radius 1 is 0.903 bits per heavy atom.